The van der Waals surface area contributed by atoms with Crippen LogP contribution < -0.4 is 10.1 Å². The van der Waals surface area contributed by atoms with Crippen molar-refractivity contribution in [3.8, 4) is 5.75 Å². The molecule has 2 aromatic carbocycles. The van der Waals surface area contributed by atoms with Crippen molar-refractivity contribution in [1.82, 2.24) is 5.16 Å². The maximum Gasteiger partial charge on any atom is 0.437 e. The number of hydrogen-bond donors (Lipinski definition) is 1. The molecule has 1 aromatic heterocycles. The zero-order valence-corrected chi connectivity index (χ0v) is 21.6. The fourth-order valence-corrected chi connectivity index (χ4v) is 4.06. The van der Waals surface area contributed by atoms with Crippen LogP contribution in [0.2, 0.25) is 0 Å². The molecule has 0 amide bonds. The first kappa shape index (κ1) is 28.8. The molecule has 3 rings (SSSR count). The lowest BCUT2D eigenvalue weighted by molar-refractivity contribution is -0.142. The molecule has 11 heteroatoms. The van der Waals surface area contributed by atoms with Gasteiger partial charge in [-0.1, -0.05) is 30.6 Å². The normalized spacial score (nSPS) is 11.4. The number of aromatic nitrogens is 1. The number of ether oxygens (including phenoxy) is 3. The number of benzene rings is 2. The largest absolute Gasteiger partial charge is 0.493 e. The van der Waals surface area contributed by atoms with Crippen LogP contribution in [0.4, 0.5) is 18.9 Å². The third-order valence-corrected chi connectivity index (χ3v) is 5.94. The number of nitrogens with one attached hydrogen (secondary N) is 1. The number of rotatable bonds is 13. The highest BCUT2D eigenvalue weighted by Crippen LogP contribution is 2.38. The van der Waals surface area contributed by atoms with Gasteiger partial charge < -0.3 is 24.1 Å². The molecule has 1 heterocycles. The Hall–Kier alpha value is -3.76. The number of anilines is 1. The van der Waals surface area contributed by atoms with E-state index in [1.165, 1.54) is 26.4 Å². The quantitative estimate of drug-likeness (QED) is 0.226. The molecule has 1 N–H and O–H groups in total. The van der Waals surface area contributed by atoms with Crippen LogP contribution >= 0.6 is 0 Å². The lowest BCUT2D eigenvalue weighted by Crippen LogP contribution is -2.11. The van der Waals surface area contributed by atoms with Crippen LogP contribution in [0.25, 0.3) is 11.0 Å². The molecule has 0 saturated carbocycles. The summed E-state index contributed by atoms with van der Waals surface area (Å²) in [5.74, 6) is -0.228. The summed E-state index contributed by atoms with van der Waals surface area (Å²) in [6.45, 7) is 2.77. The van der Waals surface area contributed by atoms with E-state index in [1.807, 2.05) is 25.1 Å². The molecule has 8 nitrogen and oxygen atoms in total. The summed E-state index contributed by atoms with van der Waals surface area (Å²) in [4.78, 5) is 23.3. The van der Waals surface area contributed by atoms with Crippen molar-refractivity contribution in [2.24, 2.45) is 0 Å². The Morgan fingerprint density at radius 1 is 1.05 bits per heavy atom. The summed E-state index contributed by atoms with van der Waals surface area (Å²) in [7, 11) is 2.66. The fourth-order valence-electron chi connectivity index (χ4n) is 4.06. The highest BCUT2D eigenvalue weighted by Gasteiger charge is 2.37. The van der Waals surface area contributed by atoms with Crippen LogP contribution in [0.5, 0.6) is 5.75 Å². The van der Waals surface area contributed by atoms with E-state index >= 15 is 0 Å². The van der Waals surface area contributed by atoms with Gasteiger partial charge in [0.25, 0.3) is 0 Å². The van der Waals surface area contributed by atoms with Crippen molar-refractivity contribution in [3.05, 3.63) is 52.7 Å². The van der Waals surface area contributed by atoms with Gasteiger partial charge in [-0.15, -0.1) is 0 Å². The molecule has 0 aliphatic rings. The van der Waals surface area contributed by atoms with Crippen LogP contribution in [0.15, 0.2) is 34.9 Å². The molecular weight excluding hydrogens is 505 g/mol. The molecule has 0 spiro atoms. The highest BCUT2D eigenvalue weighted by atomic mass is 19.4. The Bertz CT molecular complexity index is 1260. The second kappa shape index (κ2) is 13.2. The maximum atomic E-state index is 13.2. The number of esters is 2. The van der Waals surface area contributed by atoms with Gasteiger partial charge in [0.05, 0.1) is 32.6 Å². The van der Waals surface area contributed by atoms with Crippen LogP contribution in [-0.4, -0.2) is 44.5 Å². The van der Waals surface area contributed by atoms with Crippen molar-refractivity contribution in [2.75, 3.05) is 32.7 Å². The van der Waals surface area contributed by atoms with Crippen LogP contribution in [0, 0.1) is 0 Å². The van der Waals surface area contributed by atoms with Crippen molar-refractivity contribution < 1.29 is 41.5 Å². The summed E-state index contributed by atoms with van der Waals surface area (Å²) < 4.78 is 60.1. The van der Waals surface area contributed by atoms with Crippen molar-refractivity contribution in [1.29, 1.82) is 0 Å². The SMILES string of the molecule is CCCc1c(OCCCNc2ccc(CC(=O)OC)cc2CCC(=O)OC)ccc2c(C(F)(F)F)noc12. The molecule has 0 saturated heterocycles. The number of carbonyl (C=O) groups excluding carboxylic acids is 2. The molecule has 0 aliphatic heterocycles. The molecule has 206 valence electrons. The summed E-state index contributed by atoms with van der Waals surface area (Å²) in [5, 5.41) is 6.48. The monoisotopic (exact) mass is 536 g/mol. The Morgan fingerprint density at radius 2 is 1.82 bits per heavy atom. The summed E-state index contributed by atoms with van der Waals surface area (Å²) in [5.41, 5.74) is 2.06. The van der Waals surface area contributed by atoms with E-state index in [9.17, 15) is 22.8 Å². The first-order valence-corrected chi connectivity index (χ1v) is 12.3. The molecule has 0 unspecified atom stereocenters. The Kier molecular flexibility index (Phi) is 9.98. The summed E-state index contributed by atoms with van der Waals surface area (Å²) >= 11 is 0. The second-order valence-corrected chi connectivity index (χ2v) is 8.65. The van der Waals surface area contributed by atoms with Gasteiger partial charge in [-0.25, -0.2) is 0 Å². The lowest BCUT2D eigenvalue weighted by Gasteiger charge is -2.15. The van der Waals surface area contributed by atoms with Crippen molar-refractivity contribution in [2.45, 2.75) is 51.6 Å². The van der Waals surface area contributed by atoms with Crippen LogP contribution in [0.1, 0.15) is 48.6 Å². The van der Waals surface area contributed by atoms with Gasteiger partial charge in [0.1, 0.15) is 5.75 Å². The molecular formula is C27H31F3N2O6. The summed E-state index contributed by atoms with van der Waals surface area (Å²) in [6.07, 6.45) is -2.09. The number of hydrogen-bond acceptors (Lipinski definition) is 8. The number of aryl methyl sites for hydroxylation is 2. The molecule has 0 aliphatic carbocycles. The third kappa shape index (κ3) is 7.39. The Morgan fingerprint density at radius 3 is 2.50 bits per heavy atom. The number of fused-ring (bicyclic) bond motifs is 1. The molecule has 3 aromatic rings. The minimum Gasteiger partial charge on any atom is -0.493 e. The van der Waals surface area contributed by atoms with Gasteiger partial charge in [0.15, 0.2) is 11.3 Å². The maximum absolute atomic E-state index is 13.2. The predicted molar refractivity (Wildman–Crippen MR) is 134 cm³/mol. The zero-order chi connectivity index (χ0) is 27.7. The predicted octanol–water partition coefficient (Wildman–Crippen LogP) is 5.50. The minimum absolute atomic E-state index is 0.0786. The minimum atomic E-state index is -4.60. The van der Waals surface area contributed by atoms with Gasteiger partial charge in [-0.3, -0.25) is 9.59 Å². The lowest BCUT2D eigenvalue weighted by atomic mass is 10.0. The standard InChI is InChI=1S/C27H31F3N2O6/c1-4-6-19-22(11-9-20-25(19)38-32-26(20)27(28,29)30)37-14-5-13-31-21-10-7-17(16-24(34)36-3)15-18(21)8-12-23(33)35-2/h7,9-11,15,31H,4-6,8,12-14,16H2,1-3H3. The van der Waals surface area contributed by atoms with Gasteiger partial charge in [-0.05, 0) is 48.6 Å². The number of halogens is 3. The van der Waals surface area contributed by atoms with Crippen LogP contribution in [0.3, 0.4) is 0 Å². The average Bonchev–Trinajstić information content (AvgIpc) is 3.34. The third-order valence-electron chi connectivity index (χ3n) is 5.94. The van der Waals surface area contributed by atoms with E-state index in [4.69, 9.17) is 18.7 Å². The zero-order valence-electron chi connectivity index (χ0n) is 21.6. The number of methoxy groups -OCH3 is 2. The summed E-state index contributed by atoms with van der Waals surface area (Å²) in [6, 6.07) is 8.37. The van der Waals surface area contributed by atoms with Gasteiger partial charge >= 0.3 is 18.1 Å². The number of carbonyl (C=O) groups is 2. The Balaban J connectivity index is 1.64. The molecule has 0 fully saturated rings. The van der Waals surface area contributed by atoms with Crippen LogP contribution in [-0.2, 0) is 44.5 Å². The Labute approximate surface area is 218 Å². The van der Waals surface area contributed by atoms with Gasteiger partial charge in [-0.2, -0.15) is 13.2 Å². The van der Waals surface area contributed by atoms with E-state index in [2.05, 4.69) is 10.5 Å². The first-order chi connectivity index (χ1) is 18.2. The van der Waals surface area contributed by atoms with Crippen molar-refractivity contribution >= 4 is 28.6 Å². The van der Waals surface area contributed by atoms with E-state index in [0.717, 1.165) is 16.8 Å². The second-order valence-electron chi connectivity index (χ2n) is 8.65. The number of nitrogens with zero attached hydrogens (tertiary/aromatic N) is 1. The van der Waals surface area contributed by atoms with E-state index in [0.29, 0.717) is 50.1 Å². The van der Waals surface area contributed by atoms with Gasteiger partial charge in [0.2, 0.25) is 0 Å². The van der Waals surface area contributed by atoms with E-state index < -0.39 is 11.9 Å². The average molecular weight is 537 g/mol. The van der Waals surface area contributed by atoms with E-state index in [1.54, 1.807) is 0 Å². The number of alkyl halides is 3. The first-order valence-electron chi connectivity index (χ1n) is 12.3. The van der Waals surface area contributed by atoms with Crippen molar-refractivity contribution in [3.63, 3.8) is 0 Å². The van der Waals surface area contributed by atoms with Gasteiger partial charge in [0, 0.05) is 24.2 Å². The molecule has 38 heavy (non-hydrogen) atoms. The fraction of sp³-hybridized carbons (Fsp3) is 0.444. The highest BCUT2D eigenvalue weighted by molar-refractivity contribution is 5.85. The molecule has 0 radical (unpaired) electrons. The topological polar surface area (TPSA) is 99.9 Å². The van der Waals surface area contributed by atoms with E-state index in [-0.39, 0.29) is 35.7 Å². The molecule has 0 bridgehead atoms. The molecule has 0 atom stereocenters. The smallest absolute Gasteiger partial charge is 0.437 e.